The minimum atomic E-state index is -4.78. The van der Waals surface area contributed by atoms with E-state index in [0.717, 1.165) is 0 Å². The van der Waals surface area contributed by atoms with Crippen molar-refractivity contribution in [1.29, 1.82) is 0 Å². The van der Waals surface area contributed by atoms with Gasteiger partial charge in [-0.25, -0.2) is 0 Å². The lowest BCUT2D eigenvalue weighted by Gasteiger charge is -2.27. The third kappa shape index (κ3) is 4.54. The summed E-state index contributed by atoms with van der Waals surface area (Å²) < 4.78 is 42.4. The van der Waals surface area contributed by atoms with Crippen LogP contribution >= 0.6 is 12.2 Å². The first-order valence-corrected chi connectivity index (χ1v) is 8.64. The highest BCUT2D eigenvalue weighted by Crippen LogP contribution is 2.25. The molecule has 29 heavy (non-hydrogen) atoms. The number of benzene rings is 1. The van der Waals surface area contributed by atoms with E-state index >= 15 is 0 Å². The molecule has 0 saturated carbocycles. The molecule has 150 valence electrons. The van der Waals surface area contributed by atoms with Gasteiger partial charge in [0.2, 0.25) is 0 Å². The van der Waals surface area contributed by atoms with E-state index in [4.69, 9.17) is 12.2 Å². The Morgan fingerprint density at radius 2 is 1.86 bits per heavy atom. The van der Waals surface area contributed by atoms with Gasteiger partial charge in [0, 0.05) is 24.1 Å². The molecule has 1 fully saturated rings. The standard InChI is InChI=1S/C19H14F3N3O3S/c1-2-9-25-17(27)15(16(26)23-18(25)29)11-13-4-3-10-24(13)12-5-7-14(8-6-12)28-19(20,21)22/h2-8,10-11H,1,9H2,(H,23,26,29). The summed E-state index contributed by atoms with van der Waals surface area (Å²) in [5, 5.41) is 2.44. The molecule has 1 aromatic heterocycles. The highest BCUT2D eigenvalue weighted by atomic mass is 32.1. The summed E-state index contributed by atoms with van der Waals surface area (Å²) in [6.07, 6.45) is -0.275. The zero-order valence-electron chi connectivity index (χ0n) is 14.8. The fourth-order valence-corrected chi connectivity index (χ4v) is 2.94. The average molecular weight is 421 g/mol. The van der Waals surface area contributed by atoms with Gasteiger partial charge in [-0.05, 0) is 54.7 Å². The van der Waals surface area contributed by atoms with Gasteiger partial charge >= 0.3 is 6.36 Å². The lowest BCUT2D eigenvalue weighted by atomic mass is 10.1. The number of hydrogen-bond donors (Lipinski definition) is 1. The Bertz CT molecular complexity index is 1010. The number of halogens is 3. The number of rotatable bonds is 5. The zero-order valence-corrected chi connectivity index (χ0v) is 15.6. The second-order valence-corrected chi connectivity index (χ2v) is 6.25. The van der Waals surface area contributed by atoms with E-state index in [1.165, 1.54) is 41.3 Å². The van der Waals surface area contributed by atoms with Crippen molar-refractivity contribution in [1.82, 2.24) is 14.8 Å². The number of ether oxygens (including phenoxy) is 1. The van der Waals surface area contributed by atoms with Gasteiger partial charge in [-0.1, -0.05) is 6.08 Å². The molecule has 0 bridgehead atoms. The Hall–Kier alpha value is -3.40. The Morgan fingerprint density at radius 1 is 1.17 bits per heavy atom. The molecule has 0 spiro atoms. The van der Waals surface area contributed by atoms with Crippen molar-refractivity contribution >= 4 is 35.2 Å². The Morgan fingerprint density at radius 3 is 2.48 bits per heavy atom. The number of thiocarbonyl (C=S) groups is 1. The van der Waals surface area contributed by atoms with Crippen LogP contribution in [0.1, 0.15) is 5.69 Å². The van der Waals surface area contributed by atoms with Gasteiger partial charge in [0.1, 0.15) is 11.3 Å². The molecule has 3 rings (SSSR count). The number of nitrogens with zero attached hydrogens (tertiary/aromatic N) is 2. The SMILES string of the molecule is C=CCN1C(=O)C(=Cc2cccn2-c2ccc(OC(F)(F)F)cc2)C(=O)NC1=S. The third-order valence-electron chi connectivity index (χ3n) is 3.92. The van der Waals surface area contributed by atoms with Gasteiger partial charge < -0.3 is 9.30 Å². The number of carbonyl (C=O) groups is 2. The Labute approximate surface area is 168 Å². The van der Waals surface area contributed by atoms with E-state index in [1.807, 2.05) is 0 Å². The van der Waals surface area contributed by atoms with Crippen LogP contribution in [-0.2, 0) is 9.59 Å². The molecule has 2 heterocycles. The monoisotopic (exact) mass is 421 g/mol. The summed E-state index contributed by atoms with van der Waals surface area (Å²) in [6.45, 7) is 3.69. The third-order valence-corrected chi connectivity index (χ3v) is 4.24. The van der Waals surface area contributed by atoms with Crippen molar-refractivity contribution in [2.24, 2.45) is 0 Å². The van der Waals surface area contributed by atoms with Gasteiger partial charge in [-0.15, -0.1) is 19.8 Å². The van der Waals surface area contributed by atoms with Crippen molar-refractivity contribution in [2.75, 3.05) is 6.54 Å². The van der Waals surface area contributed by atoms with Crippen LogP contribution < -0.4 is 10.1 Å². The molecule has 2 aromatic rings. The smallest absolute Gasteiger partial charge is 0.406 e. The lowest BCUT2D eigenvalue weighted by Crippen LogP contribution is -2.53. The molecule has 1 saturated heterocycles. The molecule has 1 N–H and O–H groups in total. The second-order valence-electron chi connectivity index (χ2n) is 5.87. The molecule has 1 aromatic carbocycles. The van der Waals surface area contributed by atoms with Crippen molar-refractivity contribution < 1.29 is 27.5 Å². The summed E-state index contributed by atoms with van der Waals surface area (Å²) in [5.74, 6) is -1.56. The maximum atomic E-state index is 12.6. The van der Waals surface area contributed by atoms with Crippen LogP contribution in [0.4, 0.5) is 13.2 Å². The van der Waals surface area contributed by atoms with Crippen LogP contribution in [0.5, 0.6) is 5.75 Å². The maximum absolute atomic E-state index is 12.6. The molecule has 1 aliphatic heterocycles. The van der Waals surface area contributed by atoms with E-state index < -0.39 is 18.2 Å². The molecule has 6 nitrogen and oxygen atoms in total. The molecule has 10 heteroatoms. The number of nitrogens with one attached hydrogen (secondary N) is 1. The molecular formula is C19H14F3N3O3S. The molecule has 0 unspecified atom stereocenters. The van der Waals surface area contributed by atoms with Gasteiger partial charge in [-0.2, -0.15) is 0 Å². The highest BCUT2D eigenvalue weighted by molar-refractivity contribution is 7.80. The van der Waals surface area contributed by atoms with E-state index in [1.54, 1.807) is 22.9 Å². The lowest BCUT2D eigenvalue weighted by molar-refractivity contribution is -0.274. The van der Waals surface area contributed by atoms with E-state index in [-0.39, 0.29) is 23.0 Å². The minimum absolute atomic E-state index is 0.00677. The summed E-state index contributed by atoms with van der Waals surface area (Å²) >= 11 is 5.00. The number of carbonyl (C=O) groups excluding carboxylic acids is 2. The van der Waals surface area contributed by atoms with E-state index in [2.05, 4.69) is 16.6 Å². The summed E-state index contributed by atoms with van der Waals surface area (Å²) in [6, 6.07) is 8.50. The summed E-state index contributed by atoms with van der Waals surface area (Å²) in [7, 11) is 0. The number of alkyl halides is 3. The topological polar surface area (TPSA) is 63.6 Å². The second kappa shape index (κ2) is 7.92. The molecule has 2 amide bonds. The molecule has 0 radical (unpaired) electrons. The molecule has 0 aliphatic carbocycles. The van der Waals surface area contributed by atoms with Crippen LogP contribution in [0.15, 0.2) is 60.8 Å². The quantitative estimate of drug-likeness (QED) is 0.349. The van der Waals surface area contributed by atoms with Gasteiger partial charge in [0.25, 0.3) is 11.8 Å². The fourth-order valence-electron chi connectivity index (χ4n) is 2.69. The maximum Gasteiger partial charge on any atom is 0.573 e. The van der Waals surface area contributed by atoms with Crippen LogP contribution in [0.25, 0.3) is 11.8 Å². The van der Waals surface area contributed by atoms with Gasteiger partial charge in [0.05, 0.1) is 0 Å². The number of hydrogen-bond acceptors (Lipinski definition) is 4. The van der Waals surface area contributed by atoms with Gasteiger partial charge in [0.15, 0.2) is 5.11 Å². The highest BCUT2D eigenvalue weighted by Gasteiger charge is 2.33. The van der Waals surface area contributed by atoms with Crippen molar-refractivity contribution in [3.63, 3.8) is 0 Å². The van der Waals surface area contributed by atoms with Crippen LogP contribution in [0, 0.1) is 0 Å². The van der Waals surface area contributed by atoms with Crippen molar-refractivity contribution in [2.45, 2.75) is 6.36 Å². The molecular weight excluding hydrogens is 407 g/mol. The van der Waals surface area contributed by atoms with Crippen LogP contribution in [0.2, 0.25) is 0 Å². The Balaban J connectivity index is 1.92. The Kier molecular flexibility index (Phi) is 5.55. The first-order chi connectivity index (χ1) is 13.7. The first kappa shape index (κ1) is 20.3. The molecule has 1 aliphatic rings. The van der Waals surface area contributed by atoms with E-state index in [9.17, 15) is 22.8 Å². The van der Waals surface area contributed by atoms with Crippen LogP contribution in [-0.4, -0.2) is 39.3 Å². The van der Waals surface area contributed by atoms with Crippen LogP contribution in [0.3, 0.4) is 0 Å². The number of aromatic nitrogens is 1. The first-order valence-electron chi connectivity index (χ1n) is 8.23. The fraction of sp³-hybridized carbons (Fsp3) is 0.105. The largest absolute Gasteiger partial charge is 0.573 e. The van der Waals surface area contributed by atoms with Gasteiger partial charge in [-0.3, -0.25) is 19.8 Å². The summed E-state index contributed by atoms with van der Waals surface area (Å²) in [5.41, 5.74) is 0.857. The predicted molar refractivity (Wildman–Crippen MR) is 103 cm³/mol. The molecule has 0 atom stereocenters. The van der Waals surface area contributed by atoms with Crippen molar-refractivity contribution in [3.05, 3.63) is 66.5 Å². The minimum Gasteiger partial charge on any atom is -0.406 e. The predicted octanol–water partition coefficient (Wildman–Crippen LogP) is 3.19. The normalized spacial score (nSPS) is 16.2. The van der Waals surface area contributed by atoms with E-state index in [0.29, 0.717) is 11.4 Å². The zero-order chi connectivity index (χ0) is 21.2. The summed E-state index contributed by atoms with van der Waals surface area (Å²) in [4.78, 5) is 26.1. The number of amides is 2. The average Bonchev–Trinajstić information content (AvgIpc) is 3.10. The van der Waals surface area contributed by atoms with Crippen molar-refractivity contribution in [3.8, 4) is 11.4 Å².